The van der Waals surface area contributed by atoms with Crippen LogP contribution in [0.3, 0.4) is 0 Å². The third kappa shape index (κ3) is 4.85. The van der Waals surface area contributed by atoms with Crippen LogP contribution in [0.4, 0.5) is 4.39 Å². The standard InChI is InChI=1S/C21H31FN4O3S/c22-18-5-7-20(8-6-18)30(28,29)26-14-12-24(13-15-26)21(27)17-25-11-3-4-19(25)16-23-9-1-2-10-23/h5-8,19H,1-4,9-17H2. The number of carbonyl (C=O) groups is 1. The van der Waals surface area contributed by atoms with Crippen LogP contribution in [0, 0.1) is 5.82 Å². The van der Waals surface area contributed by atoms with E-state index in [1.807, 2.05) is 0 Å². The lowest BCUT2D eigenvalue weighted by molar-refractivity contribution is -0.133. The van der Waals surface area contributed by atoms with Crippen LogP contribution in [-0.4, -0.2) is 98.3 Å². The number of carbonyl (C=O) groups excluding carboxylic acids is 1. The number of halogens is 1. The van der Waals surface area contributed by atoms with Gasteiger partial charge in [0, 0.05) is 38.8 Å². The van der Waals surface area contributed by atoms with Crippen molar-refractivity contribution in [3.05, 3.63) is 30.1 Å². The minimum Gasteiger partial charge on any atom is -0.339 e. The molecule has 3 saturated heterocycles. The van der Waals surface area contributed by atoms with E-state index in [4.69, 9.17) is 0 Å². The van der Waals surface area contributed by atoms with E-state index in [0.29, 0.717) is 25.7 Å². The highest BCUT2D eigenvalue weighted by atomic mass is 32.2. The van der Waals surface area contributed by atoms with Crippen molar-refractivity contribution in [1.29, 1.82) is 0 Å². The highest BCUT2D eigenvalue weighted by Crippen LogP contribution is 2.21. The third-order valence-electron chi connectivity index (χ3n) is 6.55. The average Bonchev–Trinajstić information content (AvgIpc) is 3.41. The number of hydrogen-bond acceptors (Lipinski definition) is 5. The minimum atomic E-state index is -3.66. The maximum atomic E-state index is 13.1. The normalized spacial score (nSPS) is 24.6. The number of piperazine rings is 1. The van der Waals surface area contributed by atoms with Crippen LogP contribution in [0.2, 0.25) is 0 Å². The van der Waals surface area contributed by atoms with Crippen LogP contribution >= 0.6 is 0 Å². The topological polar surface area (TPSA) is 64.2 Å². The second-order valence-electron chi connectivity index (χ2n) is 8.51. The summed E-state index contributed by atoms with van der Waals surface area (Å²) in [5.74, 6) is -0.378. The molecule has 0 bridgehead atoms. The van der Waals surface area contributed by atoms with Gasteiger partial charge in [-0.25, -0.2) is 12.8 Å². The number of hydrogen-bond donors (Lipinski definition) is 0. The van der Waals surface area contributed by atoms with Gasteiger partial charge in [0.2, 0.25) is 15.9 Å². The lowest BCUT2D eigenvalue weighted by atomic mass is 10.2. The number of amides is 1. The average molecular weight is 439 g/mol. The molecule has 3 aliphatic rings. The lowest BCUT2D eigenvalue weighted by Crippen LogP contribution is -2.53. The Morgan fingerprint density at radius 2 is 1.60 bits per heavy atom. The van der Waals surface area contributed by atoms with Gasteiger partial charge in [-0.3, -0.25) is 9.69 Å². The number of nitrogens with zero attached hydrogens (tertiary/aromatic N) is 4. The summed E-state index contributed by atoms with van der Waals surface area (Å²) in [6, 6.07) is 5.33. The van der Waals surface area contributed by atoms with Crippen molar-refractivity contribution in [3.8, 4) is 0 Å². The van der Waals surface area contributed by atoms with E-state index in [-0.39, 0.29) is 23.9 Å². The van der Waals surface area contributed by atoms with Crippen molar-refractivity contribution in [2.75, 3.05) is 58.9 Å². The molecule has 1 unspecified atom stereocenters. The smallest absolute Gasteiger partial charge is 0.243 e. The predicted octanol–water partition coefficient (Wildman–Crippen LogP) is 1.22. The molecule has 0 saturated carbocycles. The van der Waals surface area contributed by atoms with E-state index in [9.17, 15) is 17.6 Å². The van der Waals surface area contributed by atoms with E-state index in [1.165, 1.54) is 42.4 Å². The maximum absolute atomic E-state index is 13.1. The highest BCUT2D eigenvalue weighted by Gasteiger charge is 2.33. The monoisotopic (exact) mass is 438 g/mol. The molecule has 0 spiro atoms. The van der Waals surface area contributed by atoms with Crippen molar-refractivity contribution in [2.24, 2.45) is 0 Å². The summed E-state index contributed by atoms with van der Waals surface area (Å²) in [6.07, 6.45) is 4.83. The zero-order valence-corrected chi connectivity index (χ0v) is 18.2. The number of rotatable bonds is 6. The summed E-state index contributed by atoms with van der Waals surface area (Å²) < 4.78 is 40.0. The van der Waals surface area contributed by atoms with E-state index >= 15 is 0 Å². The largest absolute Gasteiger partial charge is 0.339 e. The van der Waals surface area contributed by atoms with Crippen LogP contribution in [0.1, 0.15) is 25.7 Å². The van der Waals surface area contributed by atoms with Gasteiger partial charge in [0.05, 0.1) is 11.4 Å². The van der Waals surface area contributed by atoms with Crippen molar-refractivity contribution >= 4 is 15.9 Å². The molecule has 3 aliphatic heterocycles. The van der Waals surface area contributed by atoms with Crippen molar-refractivity contribution < 1.29 is 17.6 Å². The zero-order valence-electron chi connectivity index (χ0n) is 17.4. The molecule has 0 N–H and O–H groups in total. The Bertz CT molecular complexity index is 834. The molecule has 1 atom stereocenters. The molecule has 0 aliphatic carbocycles. The number of sulfonamides is 1. The van der Waals surface area contributed by atoms with Crippen LogP contribution < -0.4 is 0 Å². The SMILES string of the molecule is O=C(CN1CCCC1CN1CCCC1)N1CCN(S(=O)(=O)c2ccc(F)cc2)CC1. The first-order valence-corrected chi connectivity index (χ1v) is 12.4. The van der Waals surface area contributed by atoms with Crippen molar-refractivity contribution in [1.82, 2.24) is 19.0 Å². The van der Waals surface area contributed by atoms with Gasteiger partial charge in [0.15, 0.2) is 0 Å². The molecule has 1 aromatic carbocycles. The van der Waals surface area contributed by atoms with Gasteiger partial charge in [0.25, 0.3) is 0 Å². The Hall–Kier alpha value is -1.55. The molecule has 1 aromatic rings. The molecule has 1 amide bonds. The molecule has 3 heterocycles. The molecule has 166 valence electrons. The summed E-state index contributed by atoms with van der Waals surface area (Å²) in [5.41, 5.74) is 0. The minimum absolute atomic E-state index is 0.0853. The molecule has 7 nitrogen and oxygen atoms in total. The van der Waals surface area contributed by atoms with Gasteiger partial charge >= 0.3 is 0 Å². The van der Waals surface area contributed by atoms with E-state index < -0.39 is 15.8 Å². The summed E-state index contributed by atoms with van der Waals surface area (Å²) in [4.78, 5) is 19.5. The third-order valence-corrected chi connectivity index (χ3v) is 8.46. The second kappa shape index (κ2) is 9.30. The Labute approximate surface area is 178 Å². The Balaban J connectivity index is 1.29. The van der Waals surface area contributed by atoms with Gasteiger partial charge in [-0.1, -0.05) is 0 Å². The summed E-state index contributed by atoms with van der Waals surface area (Å²) in [6.45, 7) is 6.09. The highest BCUT2D eigenvalue weighted by molar-refractivity contribution is 7.89. The predicted molar refractivity (Wildman–Crippen MR) is 112 cm³/mol. The fourth-order valence-electron chi connectivity index (χ4n) is 4.78. The quantitative estimate of drug-likeness (QED) is 0.668. The van der Waals surface area contributed by atoms with Crippen LogP contribution in [0.5, 0.6) is 0 Å². The fraction of sp³-hybridized carbons (Fsp3) is 0.667. The van der Waals surface area contributed by atoms with Gasteiger partial charge in [-0.15, -0.1) is 0 Å². The molecule has 4 rings (SSSR count). The van der Waals surface area contributed by atoms with E-state index in [2.05, 4.69) is 9.80 Å². The Morgan fingerprint density at radius 3 is 2.27 bits per heavy atom. The van der Waals surface area contributed by atoms with Crippen LogP contribution in [-0.2, 0) is 14.8 Å². The van der Waals surface area contributed by atoms with E-state index in [0.717, 1.165) is 38.1 Å². The van der Waals surface area contributed by atoms with Gasteiger partial charge in [-0.2, -0.15) is 4.31 Å². The molecule has 30 heavy (non-hydrogen) atoms. The molecule has 9 heteroatoms. The number of benzene rings is 1. The zero-order chi connectivity index (χ0) is 21.1. The summed E-state index contributed by atoms with van der Waals surface area (Å²) in [7, 11) is -3.66. The Morgan fingerprint density at radius 1 is 0.933 bits per heavy atom. The first-order chi connectivity index (χ1) is 14.4. The summed E-state index contributed by atoms with van der Waals surface area (Å²) in [5, 5.41) is 0. The second-order valence-corrected chi connectivity index (χ2v) is 10.5. The van der Waals surface area contributed by atoms with Gasteiger partial charge in [-0.05, 0) is 69.6 Å². The molecular weight excluding hydrogens is 407 g/mol. The molecule has 0 radical (unpaired) electrons. The van der Waals surface area contributed by atoms with Gasteiger partial charge in [0.1, 0.15) is 5.82 Å². The fourth-order valence-corrected chi connectivity index (χ4v) is 6.20. The Kier molecular flexibility index (Phi) is 6.72. The van der Waals surface area contributed by atoms with Crippen LogP contribution in [0.15, 0.2) is 29.2 Å². The summed E-state index contributed by atoms with van der Waals surface area (Å²) >= 11 is 0. The molecule has 3 fully saturated rings. The van der Waals surface area contributed by atoms with Crippen molar-refractivity contribution in [2.45, 2.75) is 36.6 Å². The van der Waals surface area contributed by atoms with Crippen LogP contribution in [0.25, 0.3) is 0 Å². The molecular formula is C21H31FN4O3S. The first-order valence-electron chi connectivity index (χ1n) is 10.9. The van der Waals surface area contributed by atoms with E-state index in [1.54, 1.807) is 4.90 Å². The van der Waals surface area contributed by atoms with Crippen molar-refractivity contribution in [3.63, 3.8) is 0 Å². The number of likely N-dealkylation sites (tertiary alicyclic amines) is 2. The molecule has 0 aromatic heterocycles. The lowest BCUT2D eigenvalue weighted by Gasteiger charge is -2.35. The first kappa shape index (κ1) is 21.7. The van der Waals surface area contributed by atoms with Gasteiger partial charge < -0.3 is 9.80 Å². The maximum Gasteiger partial charge on any atom is 0.243 e.